The first-order valence-corrected chi connectivity index (χ1v) is 13.1. The second-order valence-electron chi connectivity index (χ2n) is 8.96. The quantitative estimate of drug-likeness (QED) is 0.351. The first-order valence-electron chi connectivity index (χ1n) is 12.0. The topological polar surface area (TPSA) is 71.0 Å². The molecule has 0 spiro atoms. The van der Waals surface area contributed by atoms with E-state index in [9.17, 15) is 9.59 Å². The number of hydrogen-bond acceptors (Lipinski definition) is 4. The van der Waals surface area contributed by atoms with E-state index in [1.54, 1.807) is 0 Å². The number of nitrogens with one attached hydrogen (secondary N) is 1. The van der Waals surface area contributed by atoms with Crippen molar-refractivity contribution in [1.29, 1.82) is 0 Å². The highest BCUT2D eigenvalue weighted by Gasteiger charge is 2.45. The Morgan fingerprint density at radius 3 is 2.62 bits per heavy atom. The molecule has 1 atom stereocenters. The molecule has 0 bridgehead atoms. The number of likely N-dealkylation sites (tertiary alicyclic amines) is 1. The van der Waals surface area contributed by atoms with Crippen LogP contribution in [0.2, 0.25) is 0 Å². The Balaban J connectivity index is 1.59. The molecule has 1 fully saturated rings. The lowest BCUT2D eigenvalue weighted by Crippen LogP contribution is -2.51. The van der Waals surface area contributed by atoms with Crippen LogP contribution in [0, 0.1) is 5.41 Å². The summed E-state index contributed by atoms with van der Waals surface area (Å²) >= 11 is 3.44. The van der Waals surface area contributed by atoms with Gasteiger partial charge in [0.1, 0.15) is 6.10 Å². The lowest BCUT2D eigenvalue weighted by Gasteiger charge is -2.41. The van der Waals surface area contributed by atoms with Crippen molar-refractivity contribution < 1.29 is 14.4 Å². The minimum atomic E-state index is -0.506. The zero-order valence-corrected chi connectivity index (χ0v) is 20.7. The van der Waals surface area contributed by atoms with E-state index < -0.39 is 5.41 Å². The number of oxime groups is 1. The Morgan fingerprint density at radius 1 is 1.19 bits per heavy atom. The van der Waals surface area contributed by atoms with Crippen molar-refractivity contribution in [2.24, 2.45) is 10.6 Å². The highest BCUT2D eigenvalue weighted by atomic mass is 79.9. The van der Waals surface area contributed by atoms with Gasteiger partial charge < -0.3 is 15.1 Å². The molecule has 2 amide bonds. The molecule has 176 valence electrons. The lowest BCUT2D eigenvalue weighted by atomic mass is 9.72. The lowest BCUT2D eigenvalue weighted by molar-refractivity contribution is -0.142. The van der Waals surface area contributed by atoms with Crippen LogP contribution in [-0.4, -0.2) is 53.5 Å². The molecule has 1 aromatic carbocycles. The first kappa shape index (κ1) is 24.7. The van der Waals surface area contributed by atoms with Gasteiger partial charge in [-0.15, -0.1) is 0 Å². The SMILES string of the molecule is CCCNC(=O)C1(CC2CC(c3ccccc3)=NO2)CCN(C(=O)CCCCCBr)CC1. The van der Waals surface area contributed by atoms with Crippen molar-refractivity contribution in [3.8, 4) is 0 Å². The Labute approximate surface area is 200 Å². The Hall–Kier alpha value is -1.89. The highest BCUT2D eigenvalue weighted by Crippen LogP contribution is 2.39. The van der Waals surface area contributed by atoms with Crippen molar-refractivity contribution >= 4 is 33.5 Å². The van der Waals surface area contributed by atoms with Crippen molar-refractivity contribution in [3.05, 3.63) is 35.9 Å². The second kappa shape index (κ2) is 12.4. The van der Waals surface area contributed by atoms with E-state index in [2.05, 4.69) is 33.3 Å². The fourth-order valence-electron chi connectivity index (χ4n) is 4.61. The van der Waals surface area contributed by atoms with Gasteiger partial charge in [-0.05, 0) is 37.7 Å². The van der Waals surface area contributed by atoms with E-state index in [0.717, 1.165) is 42.3 Å². The molecule has 7 heteroatoms. The molecule has 2 heterocycles. The van der Waals surface area contributed by atoms with E-state index in [4.69, 9.17) is 4.84 Å². The molecule has 6 nitrogen and oxygen atoms in total. The molecule has 0 radical (unpaired) electrons. The maximum absolute atomic E-state index is 13.2. The number of amides is 2. The van der Waals surface area contributed by atoms with Gasteiger partial charge in [0.2, 0.25) is 11.8 Å². The predicted octanol–water partition coefficient (Wildman–Crippen LogP) is 4.66. The summed E-state index contributed by atoms with van der Waals surface area (Å²) in [5.74, 6) is 0.314. The number of benzene rings is 1. The zero-order valence-electron chi connectivity index (χ0n) is 19.2. The summed E-state index contributed by atoms with van der Waals surface area (Å²) in [5.41, 5.74) is 1.50. The fourth-order valence-corrected chi connectivity index (χ4v) is 5.01. The number of piperidine rings is 1. The van der Waals surface area contributed by atoms with Gasteiger partial charge in [0.25, 0.3) is 0 Å². The summed E-state index contributed by atoms with van der Waals surface area (Å²) in [4.78, 5) is 33.6. The number of halogens is 1. The molecule has 1 N–H and O–H groups in total. The van der Waals surface area contributed by atoms with Gasteiger partial charge in [-0.3, -0.25) is 9.59 Å². The molecule has 1 saturated heterocycles. The molecule has 1 aromatic rings. The van der Waals surface area contributed by atoms with Gasteiger partial charge in [0, 0.05) is 44.2 Å². The third-order valence-electron chi connectivity index (χ3n) is 6.57. The second-order valence-corrected chi connectivity index (χ2v) is 9.75. The van der Waals surface area contributed by atoms with Crippen LogP contribution in [0.25, 0.3) is 0 Å². The molecule has 3 rings (SSSR count). The van der Waals surface area contributed by atoms with Gasteiger partial charge in [0.05, 0.1) is 11.1 Å². The molecular weight excluding hydrogens is 470 g/mol. The molecule has 2 aliphatic heterocycles. The fraction of sp³-hybridized carbons (Fsp3) is 0.640. The Morgan fingerprint density at radius 2 is 1.94 bits per heavy atom. The van der Waals surface area contributed by atoms with Crippen LogP contribution in [-0.2, 0) is 14.4 Å². The monoisotopic (exact) mass is 505 g/mol. The molecular formula is C25H36BrN3O3. The standard InChI is InChI=1S/C25H36BrN3O3/c1-2-15-27-24(31)25(12-16-29(17-13-25)23(30)11-7-4-8-14-26)19-21-18-22(28-32-21)20-9-5-3-6-10-20/h3,5-6,9-10,21H,2,4,7-8,11-19H2,1H3,(H,27,31). The number of nitrogens with zero attached hydrogens (tertiary/aromatic N) is 2. The van der Waals surface area contributed by atoms with Gasteiger partial charge in [-0.1, -0.05) is 64.8 Å². The molecule has 1 unspecified atom stereocenters. The van der Waals surface area contributed by atoms with Crippen LogP contribution in [0.1, 0.15) is 70.3 Å². The maximum Gasteiger partial charge on any atom is 0.226 e. The minimum Gasteiger partial charge on any atom is -0.392 e. The summed E-state index contributed by atoms with van der Waals surface area (Å²) in [7, 11) is 0. The number of hydrogen-bond donors (Lipinski definition) is 1. The molecule has 0 aliphatic carbocycles. The smallest absolute Gasteiger partial charge is 0.226 e. The maximum atomic E-state index is 13.2. The van der Waals surface area contributed by atoms with E-state index in [-0.39, 0.29) is 17.9 Å². The largest absolute Gasteiger partial charge is 0.392 e. The first-order chi connectivity index (χ1) is 15.6. The van der Waals surface area contributed by atoms with Crippen molar-refractivity contribution in [2.75, 3.05) is 25.0 Å². The van der Waals surface area contributed by atoms with Crippen molar-refractivity contribution in [2.45, 2.75) is 70.8 Å². The van der Waals surface area contributed by atoms with E-state index >= 15 is 0 Å². The zero-order chi connectivity index (χ0) is 22.8. The summed E-state index contributed by atoms with van der Waals surface area (Å²) in [6.45, 7) is 4.00. The number of carbonyl (C=O) groups excluding carboxylic acids is 2. The summed E-state index contributed by atoms with van der Waals surface area (Å²) < 4.78 is 0. The third-order valence-corrected chi connectivity index (χ3v) is 7.13. The molecule has 0 saturated carbocycles. The Bertz CT molecular complexity index is 776. The summed E-state index contributed by atoms with van der Waals surface area (Å²) in [5, 5.41) is 8.41. The van der Waals surface area contributed by atoms with Crippen molar-refractivity contribution in [1.82, 2.24) is 10.2 Å². The van der Waals surface area contributed by atoms with Crippen LogP contribution in [0.5, 0.6) is 0 Å². The van der Waals surface area contributed by atoms with Crippen LogP contribution < -0.4 is 5.32 Å². The van der Waals surface area contributed by atoms with E-state index in [1.165, 1.54) is 0 Å². The number of carbonyl (C=O) groups is 2. The van der Waals surface area contributed by atoms with Gasteiger partial charge >= 0.3 is 0 Å². The average Bonchev–Trinajstić information content (AvgIpc) is 3.29. The van der Waals surface area contributed by atoms with Crippen LogP contribution >= 0.6 is 15.9 Å². The van der Waals surface area contributed by atoms with E-state index in [1.807, 2.05) is 35.2 Å². The van der Waals surface area contributed by atoms with Gasteiger partial charge in [-0.25, -0.2) is 0 Å². The predicted molar refractivity (Wildman–Crippen MR) is 131 cm³/mol. The van der Waals surface area contributed by atoms with Crippen LogP contribution in [0.4, 0.5) is 0 Å². The number of unbranched alkanes of at least 4 members (excludes halogenated alkanes) is 2. The number of alkyl halides is 1. The average molecular weight is 506 g/mol. The van der Waals surface area contributed by atoms with Gasteiger partial charge in [0.15, 0.2) is 0 Å². The third kappa shape index (κ3) is 6.56. The molecule has 0 aromatic heterocycles. The van der Waals surface area contributed by atoms with E-state index in [0.29, 0.717) is 51.7 Å². The van der Waals surface area contributed by atoms with Gasteiger partial charge in [-0.2, -0.15) is 0 Å². The van der Waals surface area contributed by atoms with Crippen LogP contribution in [0.3, 0.4) is 0 Å². The Kier molecular flexibility index (Phi) is 9.57. The minimum absolute atomic E-state index is 0.0977. The molecule has 32 heavy (non-hydrogen) atoms. The highest BCUT2D eigenvalue weighted by molar-refractivity contribution is 9.09. The van der Waals surface area contributed by atoms with Crippen molar-refractivity contribution in [3.63, 3.8) is 0 Å². The normalized spacial score (nSPS) is 19.9. The molecule has 2 aliphatic rings. The number of rotatable bonds is 11. The summed E-state index contributed by atoms with van der Waals surface area (Å²) in [6, 6.07) is 10.1. The van der Waals surface area contributed by atoms with Crippen LogP contribution in [0.15, 0.2) is 35.5 Å². The summed E-state index contributed by atoms with van der Waals surface area (Å²) in [6.07, 6.45) is 7.19.